The molecule has 0 aromatic heterocycles. The molecule has 0 radical (unpaired) electrons. The van der Waals surface area contributed by atoms with Crippen molar-refractivity contribution in [2.24, 2.45) is 0 Å². The van der Waals surface area contributed by atoms with E-state index in [2.05, 4.69) is 5.32 Å². The molecule has 0 rings (SSSR count). The molecule has 2 N–H and O–H groups in total. The summed E-state index contributed by atoms with van der Waals surface area (Å²) in [6, 6.07) is -0.269. The highest BCUT2D eigenvalue weighted by molar-refractivity contribution is 6.22. The van der Waals surface area contributed by atoms with Crippen LogP contribution in [0.3, 0.4) is 0 Å². The minimum absolute atomic E-state index is 0.269. The fourth-order valence-electron chi connectivity index (χ4n) is 0.760. The molecule has 0 heterocycles. The second-order valence-electron chi connectivity index (χ2n) is 2.32. The molecule has 0 aliphatic heterocycles. The summed E-state index contributed by atoms with van der Waals surface area (Å²) in [5, 5.41) is 10.8. The van der Waals surface area contributed by atoms with Gasteiger partial charge in [-0.25, -0.2) is 0 Å². The molecule has 0 saturated heterocycles. The molecule has 0 spiro atoms. The van der Waals surface area contributed by atoms with Crippen LogP contribution in [0.4, 0.5) is 0 Å². The summed E-state index contributed by atoms with van der Waals surface area (Å²) in [6.45, 7) is 6.65. The number of ether oxygens (including phenoxy) is 1. The van der Waals surface area contributed by atoms with Crippen molar-refractivity contribution in [3.05, 3.63) is 0 Å². The molecular formula is C7H16ClNO2. The van der Waals surface area contributed by atoms with E-state index in [4.69, 9.17) is 16.3 Å². The van der Waals surface area contributed by atoms with Crippen LogP contribution in [0.2, 0.25) is 0 Å². The van der Waals surface area contributed by atoms with Crippen molar-refractivity contribution in [2.45, 2.75) is 32.1 Å². The molecule has 0 aliphatic rings. The Hall–Kier alpha value is 0.170. The maximum Gasteiger partial charge on any atom is 0.261 e. The Morgan fingerprint density at radius 2 is 2.18 bits per heavy atom. The van der Waals surface area contributed by atoms with E-state index in [1.165, 1.54) is 0 Å². The molecule has 2 atom stereocenters. The maximum absolute atomic E-state index is 9.39. The zero-order valence-electron chi connectivity index (χ0n) is 7.22. The van der Waals surface area contributed by atoms with E-state index in [9.17, 15) is 5.11 Å². The molecule has 11 heavy (non-hydrogen) atoms. The zero-order chi connectivity index (χ0) is 8.91. The average Bonchev–Trinajstić information content (AvgIpc) is 1.88. The van der Waals surface area contributed by atoms with E-state index in [1.807, 2.05) is 6.92 Å². The highest BCUT2D eigenvalue weighted by Gasteiger charge is 2.30. The summed E-state index contributed by atoms with van der Waals surface area (Å²) in [4.78, 5) is 0. The lowest BCUT2D eigenvalue weighted by molar-refractivity contribution is -0.151. The van der Waals surface area contributed by atoms with E-state index in [-0.39, 0.29) is 6.04 Å². The highest BCUT2D eigenvalue weighted by atomic mass is 35.5. The van der Waals surface area contributed by atoms with Crippen molar-refractivity contribution >= 4 is 11.6 Å². The first-order chi connectivity index (χ1) is 5.04. The lowest BCUT2D eigenvalue weighted by Crippen LogP contribution is -2.46. The van der Waals surface area contributed by atoms with Crippen LogP contribution in [0, 0.1) is 0 Å². The van der Waals surface area contributed by atoms with Gasteiger partial charge in [0.05, 0.1) is 6.04 Å². The van der Waals surface area contributed by atoms with E-state index < -0.39 is 5.25 Å². The quantitative estimate of drug-likeness (QED) is 0.489. The van der Waals surface area contributed by atoms with E-state index >= 15 is 0 Å². The lowest BCUT2D eigenvalue weighted by Gasteiger charge is -2.27. The molecule has 0 aromatic carbocycles. The van der Waals surface area contributed by atoms with E-state index in [0.717, 1.165) is 6.54 Å². The van der Waals surface area contributed by atoms with Gasteiger partial charge in [-0.2, -0.15) is 0 Å². The molecule has 0 aliphatic carbocycles. The number of hydrogen-bond donors (Lipinski definition) is 2. The van der Waals surface area contributed by atoms with Crippen molar-refractivity contribution < 1.29 is 9.84 Å². The molecule has 68 valence electrons. The summed E-state index contributed by atoms with van der Waals surface area (Å²) in [5.74, 6) is 0. The number of halogens is 1. The third-order valence-corrected chi connectivity index (χ3v) is 1.83. The van der Waals surface area contributed by atoms with E-state index in [1.54, 1.807) is 13.8 Å². The van der Waals surface area contributed by atoms with Crippen LogP contribution in [0.5, 0.6) is 0 Å². The Morgan fingerprint density at radius 3 is 2.55 bits per heavy atom. The molecule has 4 heteroatoms. The fraction of sp³-hybridized carbons (Fsp3) is 1.00. The van der Waals surface area contributed by atoms with Crippen LogP contribution in [0.25, 0.3) is 0 Å². The van der Waals surface area contributed by atoms with Crippen molar-refractivity contribution in [2.75, 3.05) is 13.2 Å². The summed E-state index contributed by atoms with van der Waals surface area (Å²) >= 11 is 5.64. The molecular weight excluding hydrogens is 166 g/mol. The number of hydrogen-bond acceptors (Lipinski definition) is 3. The van der Waals surface area contributed by atoms with Gasteiger partial charge in [-0.15, -0.1) is 0 Å². The minimum atomic E-state index is -1.58. The van der Waals surface area contributed by atoms with Crippen LogP contribution in [0.15, 0.2) is 0 Å². The van der Waals surface area contributed by atoms with Gasteiger partial charge in [0.2, 0.25) is 0 Å². The number of rotatable bonds is 5. The Balaban J connectivity index is 3.83. The predicted octanol–water partition coefficient (Wildman–Crippen LogP) is 0.906. The van der Waals surface area contributed by atoms with Gasteiger partial charge in [0.25, 0.3) is 5.25 Å². The van der Waals surface area contributed by atoms with Gasteiger partial charge in [0.1, 0.15) is 0 Å². The number of likely N-dealkylation sites (N-methyl/N-ethyl adjacent to an activating group) is 1. The van der Waals surface area contributed by atoms with Gasteiger partial charge in [0.15, 0.2) is 0 Å². The van der Waals surface area contributed by atoms with Crippen molar-refractivity contribution in [1.29, 1.82) is 0 Å². The summed E-state index contributed by atoms with van der Waals surface area (Å²) in [6.07, 6.45) is 0. The Morgan fingerprint density at radius 1 is 1.64 bits per heavy atom. The van der Waals surface area contributed by atoms with Crippen LogP contribution in [-0.4, -0.2) is 29.5 Å². The largest absolute Gasteiger partial charge is 0.352 e. The van der Waals surface area contributed by atoms with Gasteiger partial charge in [0, 0.05) is 6.61 Å². The first-order valence-corrected chi connectivity index (χ1v) is 4.21. The summed E-state index contributed by atoms with van der Waals surface area (Å²) in [7, 11) is 0. The third kappa shape index (κ3) is 3.91. The summed E-state index contributed by atoms with van der Waals surface area (Å²) < 4.78 is 4.90. The number of alkyl halides is 1. The summed E-state index contributed by atoms with van der Waals surface area (Å²) in [5.41, 5.74) is 0. The van der Waals surface area contributed by atoms with Gasteiger partial charge in [-0.1, -0.05) is 18.5 Å². The Bertz CT molecular complexity index is 109. The number of nitrogens with one attached hydrogen (secondary N) is 1. The lowest BCUT2D eigenvalue weighted by atomic mass is 10.3. The van der Waals surface area contributed by atoms with Crippen LogP contribution in [0.1, 0.15) is 20.8 Å². The van der Waals surface area contributed by atoms with Crippen LogP contribution >= 0.6 is 11.6 Å². The SMILES string of the molecule is CCNC(C)C(O)(Cl)OCC. The second kappa shape index (κ2) is 4.93. The topological polar surface area (TPSA) is 41.5 Å². The van der Waals surface area contributed by atoms with Gasteiger partial charge >= 0.3 is 0 Å². The Kier molecular flexibility index (Phi) is 5.01. The molecule has 0 amide bonds. The van der Waals surface area contributed by atoms with Gasteiger partial charge in [-0.3, -0.25) is 0 Å². The Labute approximate surface area is 72.7 Å². The second-order valence-corrected chi connectivity index (χ2v) is 2.86. The van der Waals surface area contributed by atoms with Crippen LogP contribution in [-0.2, 0) is 4.74 Å². The van der Waals surface area contributed by atoms with Crippen molar-refractivity contribution in [1.82, 2.24) is 5.32 Å². The van der Waals surface area contributed by atoms with Crippen LogP contribution < -0.4 is 5.32 Å². The monoisotopic (exact) mass is 181 g/mol. The first-order valence-electron chi connectivity index (χ1n) is 3.83. The molecule has 0 saturated carbocycles. The van der Waals surface area contributed by atoms with Gasteiger partial charge in [-0.05, 0) is 20.4 Å². The zero-order valence-corrected chi connectivity index (χ0v) is 7.98. The molecule has 0 bridgehead atoms. The maximum atomic E-state index is 9.39. The first kappa shape index (κ1) is 11.2. The minimum Gasteiger partial charge on any atom is -0.352 e. The standard InChI is InChI=1S/C7H16ClNO2/c1-4-9-6(3)7(8,10)11-5-2/h6,9-10H,4-5H2,1-3H3. The molecule has 2 unspecified atom stereocenters. The van der Waals surface area contributed by atoms with Crippen molar-refractivity contribution in [3.8, 4) is 0 Å². The number of aliphatic hydroxyl groups is 1. The molecule has 0 aromatic rings. The van der Waals surface area contributed by atoms with Crippen molar-refractivity contribution in [3.63, 3.8) is 0 Å². The molecule has 0 fully saturated rings. The molecule has 3 nitrogen and oxygen atoms in total. The fourth-order valence-corrected chi connectivity index (χ4v) is 0.946. The van der Waals surface area contributed by atoms with Gasteiger partial charge < -0.3 is 15.2 Å². The third-order valence-electron chi connectivity index (χ3n) is 1.39. The predicted molar refractivity (Wildman–Crippen MR) is 45.6 cm³/mol. The highest BCUT2D eigenvalue weighted by Crippen LogP contribution is 2.17. The average molecular weight is 182 g/mol. The smallest absolute Gasteiger partial charge is 0.261 e. The normalized spacial score (nSPS) is 19.4. The van der Waals surface area contributed by atoms with E-state index in [0.29, 0.717) is 6.61 Å².